The van der Waals surface area contributed by atoms with Gasteiger partial charge in [0.15, 0.2) is 5.78 Å². The monoisotopic (exact) mass is 299 g/mol. The molecule has 0 aliphatic rings. The molecule has 0 unspecified atom stereocenters. The lowest BCUT2D eigenvalue weighted by molar-refractivity contribution is 0.104. The van der Waals surface area contributed by atoms with Crippen LogP contribution in [0.1, 0.15) is 35.7 Å². The van der Waals surface area contributed by atoms with Gasteiger partial charge in [-0.3, -0.25) is 4.79 Å². The molecule has 2 nitrogen and oxygen atoms in total. The quantitative estimate of drug-likeness (QED) is 0.602. The molecule has 0 radical (unpaired) electrons. The normalized spacial score (nSPS) is 11.0. The van der Waals surface area contributed by atoms with E-state index >= 15 is 0 Å². The third-order valence-corrected chi connectivity index (χ3v) is 3.44. The van der Waals surface area contributed by atoms with Crippen molar-refractivity contribution in [3.05, 3.63) is 77.0 Å². The Morgan fingerprint density at radius 3 is 2.24 bits per heavy atom. The van der Waals surface area contributed by atoms with Crippen molar-refractivity contribution >= 4 is 23.1 Å². The van der Waals surface area contributed by atoms with E-state index in [-0.39, 0.29) is 5.78 Å². The predicted octanol–water partition coefficient (Wildman–Crippen LogP) is 5.27. The smallest absolute Gasteiger partial charge is 0.187 e. The van der Waals surface area contributed by atoms with E-state index in [9.17, 15) is 4.79 Å². The molecule has 0 amide bonds. The molecule has 3 heteroatoms. The van der Waals surface area contributed by atoms with Gasteiger partial charge in [-0.15, -0.1) is 0 Å². The Morgan fingerprint density at radius 1 is 1.05 bits per heavy atom. The Kier molecular flexibility index (Phi) is 5.18. The lowest BCUT2D eigenvalue weighted by atomic mass is 10.0. The summed E-state index contributed by atoms with van der Waals surface area (Å²) < 4.78 is 0. The Balaban J connectivity index is 1.97. The first-order valence-corrected chi connectivity index (χ1v) is 7.27. The number of halogens is 1. The van der Waals surface area contributed by atoms with Gasteiger partial charge in [0.1, 0.15) is 0 Å². The molecule has 0 bridgehead atoms. The van der Waals surface area contributed by atoms with E-state index in [0.717, 1.165) is 5.69 Å². The van der Waals surface area contributed by atoms with Gasteiger partial charge in [-0.2, -0.15) is 0 Å². The highest BCUT2D eigenvalue weighted by atomic mass is 35.5. The number of rotatable bonds is 5. The van der Waals surface area contributed by atoms with E-state index in [1.165, 1.54) is 11.6 Å². The van der Waals surface area contributed by atoms with E-state index in [0.29, 0.717) is 16.5 Å². The van der Waals surface area contributed by atoms with Crippen molar-refractivity contribution in [1.82, 2.24) is 0 Å². The maximum Gasteiger partial charge on any atom is 0.187 e. The van der Waals surface area contributed by atoms with E-state index in [4.69, 9.17) is 11.6 Å². The van der Waals surface area contributed by atoms with Gasteiger partial charge in [-0.1, -0.05) is 49.7 Å². The minimum absolute atomic E-state index is 0.0215. The van der Waals surface area contributed by atoms with Crippen molar-refractivity contribution in [3.63, 3.8) is 0 Å². The summed E-state index contributed by atoms with van der Waals surface area (Å²) >= 11 is 5.81. The van der Waals surface area contributed by atoms with Gasteiger partial charge in [-0.25, -0.2) is 0 Å². The van der Waals surface area contributed by atoms with Gasteiger partial charge in [0.25, 0.3) is 0 Å². The van der Waals surface area contributed by atoms with Gasteiger partial charge < -0.3 is 5.32 Å². The van der Waals surface area contributed by atoms with Gasteiger partial charge in [-0.05, 0) is 35.7 Å². The topological polar surface area (TPSA) is 29.1 Å². The van der Waals surface area contributed by atoms with Crippen LogP contribution in [-0.4, -0.2) is 5.78 Å². The van der Waals surface area contributed by atoms with Crippen molar-refractivity contribution in [3.8, 4) is 0 Å². The fraction of sp³-hybridized carbons (Fsp3) is 0.167. The van der Waals surface area contributed by atoms with Crippen LogP contribution in [0.5, 0.6) is 0 Å². The second-order valence-corrected chi connectivity index (χ2v) is 5.56. The van der Waals surface area contributed by atoms with Gasteiger partial charge >= 0.3 is 0 Å². The largest absolute Gasteiger partial charge is 0.362 e. The lowest BCUT2D eigenvalue weighted by Gasteiger charge is -2.05. The SMILES string of the molecule is CC(C)c1ccc(C(=O)C=CNc2ccc(Cl)cc2)cc1. The minimum atomic E-state index is -0.0215. The zero-order valence-corrected chi connectivity index (χ0v) is 12.9. The zero-order valence-electron chi connectivity index (χ0n) is 12.1. The van der Waals surface area contributed by atoms with E-state index in [1.54, 1.807) is 18.3 Å². The van der Waals surface area contributed by atoms with Crippen LogP contribution < -0.4 is 5.32 Å². The average molecular weight is 300 g/mol. The molecule has 2 rings (SSSR count). The molecule has 108 valence electrons. The number of anilines is 1. The van der Waals surface area contributed by atoms with Crippen molar-refractivity contribution in [2.75, 3.05) is 5.32 Å². The third kappa shape index (κ3) is 4.47. The van der Waals surface area contributed by atoms with Crippen LogP contribution in [0.4, 0.5) is 5.69 Å². The molecule has 0 heterocycles. The zero-order chi connectivity index (χ0) is 15.2. The van der Waals surface area contributed by atoms with Crippen LogP contribution in [0.3, 0.4) is 0 Å². The molecule has 0 saturated carbocycles. The summed E-state index contributed by atoms with van der Waals surface area (Å²) in [5.74, 6) is 0.447. The number of allylic oxidation sites excluding steroid dienone is 1. The number of carbonyl (C=O) groups is 1. The molecule has 0 atom stereocenters. The molecule has 2 aromatic rings. The second kappa shape index (κ2) is 7.09. The van der Waals surface area contributed by atoms with Crippen LogP contribution in [0.25, 0.3) is 0 Å². The first-order chi connectivity index (χ1) is 10.1. The molecule has 1 N–H and O–H groups in total. The van der Waals surface area contributed by atoms with E-state index in [2.05, 4.69) is 19.2 Å². The summed E-state index contributed by atoms with van der Waals surface area (Å²) in [6.45, 7) is 4.26. The minimum Gasteiger partial charge on any atom is -0.362 e. The van der Waals surface area contributed by atoms with Crippen LogP contribution in [0.2, 0.25) is 5.02 Å². The maximum absolute atomic E-state index is 12.0. The first-order valence-electron chi connectivity index (χ1n) is 6.89. The standard InChI is InChI=1S/C18H18ClNO/c1-13(2)14-3-5-15(6-4-14)18(21)11-12-20-17-9-7-16(19)8-10-17/h3-13,20H,1-2H3. The summed E-state index contributed by atoms with van der Waals surface area (Å²) in [5, 5.41) is 3.73. The van der Waals surface area contributed by atoms with Crippen LogP contribution >= 0.6 is 11.6 Å². The maximum atomic E-state index is 12.0. The highest BCUT2D eigenvalue weighted by Gasteiger charge is 2.03. The highest BCUT2D eigenvalue weighted by Crippen LogP contribution is 2.15. The van der Waals surface area contributed by atoms with Crippen molar-refractivity contribution < 1.29 is 4.79 Å². The number of carbonyl (C=O) groups excluding carboxylic acids is 1. The summed E-state index contributed by atoms with van der Waals surface area (Å²) in [6.07, 6.45) is 3.17. The molecule has 0 aromatic heterocycles. The molecule has 0 aliphatic carbocycles. The van der Waals surface area contributed by atoms with Crippen molar-refractivity contribution in [1.29, 1.82) is 0 Å². The van der Waals surface area contributed by atoms with Gasteiger partial charge in [0, 0.05) is 28.5 Å². The Bertz CT molecular complexity index is 627. The van der Waals surface area contributed by atoms with Gasteiger partial charge in [0.2, 0.25) is 0 Å². The number of benzene rings is 2. The molecule has 0 aliphatic heterocycles. The summed E-state index contributed by atoms with van der Waals surface area (Å²) in [6, 6.07) is 15.0. The highest BCUT2D eigenvalue weighted by molar-refractivity contribution is 6.30. The number of ketones is 1. The molecule has 2 aromatic carbocycles. The lowest BCUT2D eigenvalue weighted by Crippen LogP contribution is -1.97. The summed E-state index contributed by atoms with van der Waals surface area (Å²) in [5.41, 5.74) is 2.81. The molecule has 0 saturated heterocycles. The van der Waals surface area contributed by atoms with E-state index < -0.39 is 0 Å². The van der Waals surface area contributed by atoms with Crippen LogP contribution in [0.15, 0.2) is 60.8 Å². The molecule has 21 heavy (non-hydrogen) atoms. The Morgan fingerprint density at radius 2 is 1.67 bits per heavy atom. The van der Waals surface area contributed by atoms with Crippen molar-refractivity contribution in [2.45, 2.75) is 19.8 Å². The van der Waals surface area contributed by atoms with Crippen molar-refractivity contribution in [2.24, 2.45) is 0 Å². The average Bonchev–Trinajstić information content (AvgIpc) is 2.49. The number of nitrogens with one attached hydrogen (secondary N) is 1. The molecular formula is C18H18ClNO. The number of hydrogen-bond donors (Lipinski definition) is 1. The summed E-state index contributed by atoms with van der Waals surface area (Å²) in [4.78, 5) is 12.0. The number of hydrogen-bond acceptors (Lipinski definition) is 2. The van der Waals surface area contributed by atoms with E-state index in [1.807, 2.05) is 36.4 Å². The van der Waals surface area contributed by atoms with Gasteiger partial charge in [0.05, 0.1) is 0 Å². The molecular weight excluding hydrogens is 282 g/mol. The second-order valence-electron chi connectivity index (χ2n) is 5.13. The fourth-order valence-electron chi connectivity index (χ4n) is 1.89. The Hall–Kier alpha value is -2.06. The first kappa shape index (κ1) is 15.3. The fourth-order valence-corrected chi connectivity index (χ4v) is 2.01. The predicted molar refractivity (Wildman–Crippen MR) is 89.1 cm³/mol. The molecule has 0 spiro atoms. The third-order valence-electron chi connectivity index (χ3n) is 3.19. The van der Waals surface area contributed by atoms with Crippen LogP contribution in [0, 0.1) is 0 Å². The Labute approximate surface area is 130 Å². The van der Waals surface area contributed by atoms with Crippen LogP contribution in [-0.2, 0) is 0 Å². The molecule has 0 fully saturated rings. The summed E-state index contributed by atoms with van der Waals surface area (Å²) in [7, 11) is 0.